The molecule has 0 aliphatic rings. The van der Waals surface area contributed by atoms with Gasteiger partial charge in [0.1, 0.15) is 0 Å². The van der Waals surface area contributed by atoms with Crippen LogP contribution < -0.4 is 12.4 Å². The van der Waals surface area contributed by atoms with Gasteiger partial charge in [-0.3, -0.25) is 0 Å². The summed E-state index contributed by atoms with van der Waals surface area (Å²) in [5, 5.41) is 0. The molecule has 0 fully saturated rings. The summed E-state index contributed by atoms with van der Waals surface area (Å²) >= 11 is 0. The van der Waals surface area contributed by atoms with Gasteiger partial charge in [-0.15, -0.1) is 0 Å². The number of hydrogen-bond acceptors (Lipinski definition) is 1. The third kappa shape index (κ3) is 8.64. The molecule has 17 heavy (non-hydrogen) atoms. The molecular formula is C14H30ClNO. The lowest BCUT2D eigenvalue weighted by Crippen LogP contribution is -3.00. The Labute approximate surface area is 114 Å². The monoisotopic (exact) mass is 263 g/mol. The minimum Gasteiger partial charge on any atom is -1.00 e. The average Bonchev–Trinajstić information content (AvgIpc) is 2.22. The number of unbranched alkanes of at least 4 members (excludes halogenated alkanes) is 2. The number of nitrogens with zero attached hydrogens (tertiary/aromatic N) is 1. The lowest BCUT2D eigenvalue weighted by molar-refractivity contribution is -0.935. The lowest BCUT2D eigenvalue weighted by Gasteiger charge is -2.36. The van der Waals surface area contributed by atoms with Crippen LogP contribution in [0.3, 0.4) is 0 Å². The Morgan fingerprint density at radius 1 is 1.24 bits per heavy atom. The first-order valence-corrected chi connectivity index (χ1v) is 6.52. The summed E-state index contributed by atoms with van der Waals surface area (Å²) in [7, 11) is 4.46. The molecule has 0 saturated carbocycles. The lowest BCUT2D eigenvalue weighted by atomic mass is 10.2. The van der Waals surface area contributed by atoms with E-state index in [1.807, 2.05) is 0 Å². The third-order valence-corrected chi connectivity index (χ3v) is 3.18. The fourth-order valence-electron chi connectivity index (χ4n) is 1.58. The van der Waals surface area contributed by atoms with E-state index in [1.54, 1.807) is 0 Å². The minimum atomic E-state index is 0. The third-order valence-electron chi connectivity index (χ3n) is 3.18. The van der Waals surface area contributed by atoms with Crippen molar-refractivity contribution < 1.29 is 21.6 Å². The SMILES string of the molecule is C=C(C)CC(OCCCCC)[N+](C)(C)CC.[Cl-]. The summed E-state index contributed by atoms with van der Waals surface area (Å²) in [6, 6.07) is 0. The Balaban J connectivity index is 0. The van der Waals surface area contributed by atoms with Crippen molar-refractivity contribution in [1.29, 1.82) is 0 Å². The molecule has 0 N–H and O–H groups in total. The van der Waals surface area contributed by atoms with Crippen LogP contribution in [0.15, 0.2) is 12.2 Å². The quantitative estimate of drug-likeness (QED) is 0.256. The summed E-state index contributed by atoms with van der Waals surface area (Å²) in [5.41, 5.74) is 1.21. The predicted molar refractivity (Wildman–Crippen MR) is 71.3 cm³/mol. The standard InChI is InChI=1S/C14H30NO.ClH/c1-7-9-10-11-16-14(12-13(3)4)15(5,6)8-2;/h14H,3,7-12H2,1-2,4-6H3;1H/q+1;/p-1. The topological polar surface area (TPSA) is 9.23 Å². The van der Waals surface area contributed by atoms with Gasteiger partial charge >= 0.3 is 0 Å². The largest absolute Gasteiger partial charge is 1.00 e. The molecule has 104 valence electrons. The second-order valence-corrected chi connectivity index (χ2v) is 5.29. The van der Waals surface area contributed by atoms with E-state index in [0.717, 1.165) is 24.1 Å². The molecule has 0 spiro atoms. The Hall–Kier alpha value is -0.0500. The highest BCUT2D eigenvalue weighted by atomic mass is 35.5. The number of hydrogen-bond donors (Lipinski definition) is 0. The van der Waals surface area contributed by atoms with Crippen LogP contribution in [-0.2, 0) is 4.74 Å². The number of rotatable bonds is 9. The Kier molecular flexibility index (Phi) is 11.3. The number of quaternary nitrogens is 1. The minimum absolute atomic E-state index is 0. The van der Waals surface area contributed by atoms with E-state index in [0.29, 0.717) is 0 Å². The van der Waals surface area contributed by atoms with E-state index in [2.05, 4.69) is 41.4 Å². The van der Waals surface area contributed by atoms with Crippen LogP contribution in [0, 0.1) is 0 Å². The van der Waals surface area contributed by atoms with Crippen molar-refractivity contribution in [2.24, 2.45) is 0 Å². The predicted octanol–water partition coefficient (Wildman–Crippen LogP) is 0.586. The van der Waals surface area contributed by atoms with E-state index in [-0.39, 0.29) is 18.6 Å². The maximum absolute atomic E-state index is 6.02. The molecule has 1 atom stereocenters. The highest BCUT2D eigenvalue weighted by Crippen LogP contribution is 2.16. The van der Waals surface area contributed by atoms with Gasteiger partial charge in [-0.05, 0) is 20.3 Å². The van der Waals surface area contributed by atoms with Gasteiger partial charge < -0.3 is 21.6 Å². The van der Waals surface area contributed by atoms with Crippen molar-refractivity contribution in [2.45, 2.75) is 52.7 Å². The van der Waals surface area contributed by atoms with E-state index >= 15 is 0 Å². The van der Waals surface area contributed by atoms with Crippen LogP contribution >= 0.6 is 0 Å². The molecular weight excluding hydrogens is 234 g/mol. The second-order valence-electron chi connectivity index (χ2n) is 5.29. The smallest absolute Gasteiger partial charge is 0.196 e. The molecule has 0 amide bonds. The molecule has 0 aliphatic carbocycles. The van der Waals surface area contributed by atoms with Gasteiger partial charge in [-0.2, -0.15) is 0 Å². The van der Waals surface area contributed by atoms with E-state index < -0.39 is 0 Å². The molecule has 0 saturated heterocycles. The average molecular weight is 264 g/mol. The molecule has 0 aliphatic heterocycles. The fraction of sp³-hybridized carbons (Fsp3) is 0.857. The van der Waals surface area contributed by atoms with Crippen LogP contribution in [0.1, 0.15) is 46.5 Å². The van der Waals surface area contributed by atoms with E-state index in [1.165, 1.54) is 24.8 Å². The van der Waals surface area contributed by atoms with Gasteiger partial charge in [0.25, 0.3) is 0 Å². The van der Waals surface area contributed by atoms with Gasteiger partial charge in [0.2, 0.25) is 0 Å². The molecule has 1 unspecified atom stereocenters. The zero-order valence-corrected chi connectivity index (χ0v) is 13.0. The van der Waals surface area contributed by atoms with Crippen LogP contribution in [0.4, 0.5) is 0 Å². The first kappa shape index (κ1) is 19.3. The first-order chi connectivity index (χ1) is 7.44. The van der Waals surface area contributed by atoms with Crippen LogP contribution in [0.25, 0.3) is 0 Å². The van der Waals surface area contributed by atoms with Crippen LogP contribution in [0.5, 0.6) is 0 Å². The molecule has 3 heteroatoms. The number of ether oxygens (including phenoxy) is 1. The summed E-state index contributed by atoms with van der Waals surface area (Å²) in [4.78, 5) is 0. The zero-order valence-electron chi connectivity index (χ0n) is 12.3. The van der Waals surface area contributed by atoms with Crippen molar-refractivity contribution in [3.63, 3.8) is 0 Å². The van der Waals surface area contributed by atoms with Crippen LogP contribution in [-0.4, -0.2) is 38.0 Å². The summed E-state index contributed by atoms with van der Waals surface area (Å²) in [6.45, 7) is 12.5. The summed E-state index contributed by atoms with van der Waals surface area (Å²) < 4.78 is 6.94. The molecule has 2 nitrogen and oxygen atoms in total. The molecule has 0 aromatic heterocycles. The normalized spacial score (nSPS) is 13.0. The molecule has 0 radical (unpaired) electrons. The molecule has 0 rings (SSSR count). The first-order valence-electron chi connectivity index (χ1n) is 6.52. The van der Waals surface area contributed by atoms with Crippen molar-refractivity contribution in [3.05, 3.63) is 12.2 Å². The van der Waals surface area contributed by atoms with E-state index in [9.17, 15) is 0 Å². The summed E-state index contributed by atoms with van der Waals surface area (Å²) in [6.07, 6.45) is 4.92. The second kappa shape index (κ2) is 9.93. The zero-order chi connectivity index (χ0) is 12.6. The van der Waals surface area contributed by atoms with Crippen molar-refractivity contribution in [1.82, 2.24) is 0 Å². The van der Waals surface area contributed by atoms with Gasteiger partial charge in [0, 0.05) is 6.42 Å². The van der Waals surface area contributed by atoms with Crippen molar-refractivity contribution in [3.8, 4) is 0 Å². The molecule has 0 aromatic rings. The van der Waals surface area contributed by atoms with Gasteiger partial charge in [0.15, 0.2) is 6.23 Å². The van der Waals surface area contributed by atoms with Gasteiger partial charge in [-0.25, -0.2) is 0 Å². The fourth-order valence-corrected chi connectivity index (χ4v) is 1.58. The maximum atomic E-state index is 6.02. The highest BCUT2D eigenvalue weighted by molar-refractivity contribution is 4.88. The summed E-state index contributed by atoms with van der Waals surface area (Å²) in [5.74, 6) is 0. The molecule has 0 heterocycles. The van der Waals surface area contributed by atoms with Gasteiger partial charge in [0.05, 0.1) is 27.2 Å². The molecule has 0 bridgehead atoms. The van der Waals surface area contributed by atoms with Gasteiger partial charge in [-0.1, -0.05) is 31.9 Å². The van der Waals surface area contributed by atoms with Crippen molar-refractivity contribution >= 4 is 0 Å². The number of halogens is 1. The van der Waals surface area contributed by atoms with Crippen LogP contribution in [0.2, 0.25) is 0 Å². The maximum Gasteiger partial charge on any atom is 0.196 e. The Bertz CT molecular complexity index is 204. The highest BCUT2D eigenvalue weighted by Gasteiger charge is 2.26. The van der Waals surface area contributed by atoms with E-state index in [4.69, 9.17) is 4.74 Å². The Morgan fingerprint density at radius 3 is 2.24 bits per heavy atom. The van der Waals surface area contributed by atoms with Crippen molar-refractivity contribution in [2.75, 3.05) is 27.2 Å². The Morgan fingerprint density at radius 2 is 1.82 bits per heavy atom. The molecule has 0 aromatic carbocycles.